The number of hydrogen-bond donors (Lipinski definition) is 0. The maximum atomic E-state index is 14.2. The van der Waals surface area contributed by atoms with E-state index in [1.54, 1.807) is 63.4 Å². The first-order valence-electron chi connectivity index (χ1n) is 14.8. The number of rotatable bonds is 12. The number of ether oxygens (including phenoxy) is 5. The fraction of sp³-hybridized carbons (Fsp3) is 0.265. The van der Waals surface area contributed by atoms with E-state index in [1.807, 2.05) is 13.0 Å². The first kappa shape index (κ1) is 34.6. The van der Waals surface area contributed by atoms with Crippen LogP contribution in [-0.4, -0.2) is 42.9 Å². The number of nitrogens with zero attached hydrogens (tertiary/aromatic N) is 3. The number of non-ortho nitro benzene ring substituents is 1. The fourth-order valence-corrected chi connectivity index (χ4v) is 7.05. The summed E-state index contributed by atoms with van der Waals surface area (Å²) < 4.78 is 31.0. The number of methoxy groups -OCH3 is 2. The van der Waals surface area contributed by atoms with E-state index < -0.39 is 16.9 Å². The molecule has 0 aliphatic carbocycles. The third-order valence-electron chi connectivity index (χ3n) is 7.40. The number of carbonyl (C=O) groups is 1. The largest absolute Gasteiger partial charge is 0.493 e. The van der Waals surface area contributed by atoms with Crippen LogP contribution in [0, 0.1) is 13.7 Å². The number of nitro groups is 1. The molecule has 48 heavy (non-hydrogen) atoms. The number of halogens is 1. The van der Waals surface area contributed by atoms with Crippen molar-refractivity contribution in [2.75, 3.05) is 27.4 Å². The zero-order valence-corrected chi connectivity index (χ0v) is 29.7. The minimum absolute atomic E-state index is 0.00148. The maximum absolute atomic E-state index is 14.2. The number of allylic oxidation sites excluding steroid dienone is 1. The zero-order chi connectivity index (χ0) is 34.5. The summed E-state index contributed by atoms with van der Waals surface area (Å²) in [5.74, 6) is 1.39. The summed E-state index contributed by atoms with van der Waals surface area (Å²) in [7, 11) is 3.06. The van der Waals surface area contributed by atoms with Crippen LogP contribution in [0.1, 0.15) is 43.5 Å². The summed E-state index contributed by atoms with van der Waals surface area (Å²) in [4.78, 5) is 43.1. The van der Waals surface area contributed by atoms with Gasteiger partial charge in [0, 0.05) is 12.1 Å². The molecule has 0 spiro atoms. The van der Waals surface area contributed by atoms with Crippen LogP contribution in [0.5, 0.6) is 23.0 Å². The first-order chi connectivity index (χ1) is 23.1. The van der Waals surface area contributed by atoms with Crippen molar-refractivity contribution in [3.05, 3.63) is 116 Å². The van der Waals surface area contributed by atoms with Crippen LogP contribution < -0.4 is 33.8 Å². The molecule has 0 saturated heterocycles. The minimum Gasteiger partial charge on any atom is -0.493 e. The van der Waals surface area contributed by atoms with Crippen molar-refractivity contribution in [1.82, 2.24) is 4.57 Å². The highest BCUT2D eigenvalue weighted by atomic mass is 127. The van der Waals surface area contributed by atoms with Gasteiger partial charge in [0.1, 0.15) is 6.61 Å². The lowest BCUT2D eigenvalue weighted by Crippen LogP contribution is -2.40. The van der Waals surface area contributed by atoms with Crippen LogP contribution in [0.3, 0.4) is 0 Å². The van der Waals surface area contributed by atoms with E-state index in [9.17, 15) is 19.7 Å². The minimum atomic E-state index is -0.822. The van der Waals surface area contributed by atoms with Gasteiger partial charge in [0.2, 0.25) is 0 Å². The second kappa shape index (κ2) is 15.0. The van der Waals surface area contributed by atoms with Gasteiger partial charge in [-0.3, -0.25) is 19.5 Å². The highest BCUT2D eigenvalue weighted by molar-refractivity contribution is 14.1. The molecule has 0 bridgehead atoms. The molecule has 1 aromatic heterocycles. The van der Waals surface area contributed by atoms with E-state index in [1.165, 1.54) is 35.1 Å². The summed E-state index contributed by atoms with van der Waals surface area (Å²) in [6.07, 6.45) is 1.74. The van der Waals surface area contributed by atoms with Crippen LogP contribution in [0.4, 0.5) is 5.69 Å². The second-order valence-electron chi connectivity index (χ2n) is 10.4. The predicted molar refractivity (Wildman–Crippen MR) is 188 cm³/mol. The highest BCUT2D eigenvalue weighted by Gasteiger charge is 2.34. The topological polar surface area (TPSA) is 141 Å². The molecule has 0 N–H and O–H groups in total. The monoisotopic (exact) mass is 785 g/mol. The normalized spacial score (nSPS) is 14.2. The third-order valence-corrected chi connectivity index (χ3v) is 9.18. The van der Waals surface area contributed by atoms with Gasteiger partial charge in [-0.2, -0.15) is 0 Å². The predicted octanol–water partition coefficient (Wildman–Crippen LogP) is 5.31. The summed E-state index contributed by atoms with van der Waals surface area (Å²) in [5.41, 5.74) is 2.44. The summed E-state index contributed by atoms with van der Waals surface area (Å²) >= 11 is 3.34. The molecule has 14 heteroatoms. The van der Waals surface area contributed by atoms with Crippen LogP contribution in [0.15, 0.2) is 75.7 Å². The molecular weight excluding hydrogens is 753 g/mol. The SMILES string of the molecule is CCOC(=O)C1=C(C)N=c2s/c(=C\c3cc(I)c(OCc4ccc([N+](=O)[O-])cc4)c(OC)c3)c(=O)n2[C@H]1c1ccc(OC)c(OCC)c1. The van der Waals surface area contributed by atoms with Gasteiger partial charge in [-0.1, -0.05) is 17.4 Å². The number of benzene rings is 3. The van der Waals surface area contributed by atoms with Gasteiger partial charge in [-0.05, 0) is 103 Å². The van der Waals surface area contributed by atoms with Crippen molar-refractivity contribution >= 4 is 51.7 Å². The number of thiazole rings is 1. The van der Waals surface area contributed by atoms with Gasteiger partial charge >= 0.3 is 5.97 Å². The summed E-state index contributed by atoms with van der Waals surface area (Å²) in [6.45, 7) is 6.03. The molecule has 0 radical (unpaired) electrons. The van der Waals surface area contributed by atoms with Gasteiger partial charge in [-0.15, -0.1) is 0 Å². The van der Waals surface area contributed by atoms with Gasteiger partial charge in [0.05, 0.1) is 57.8 Å². The molecule has 0 fully saturated rings. The quantitative estimate of drug-likeness (QED) is 0.0810. The standard InChI is InChI=1S/C34H32IN3O9S/c1-6-45-26-17-22(10-13-25(26)43-4)30-29(33(40)46-7-2)19(3)36-34-37(30)32(39)28(48-34)16-21-14-24(35)31(27(15-21)44-5)47-18-20-8-11-23(12-9-20)38(41)42/h8-17,30H,6-7,18H2,1-5H3/b28-16-/t30-/m0/s1. The molecule has 0 saturated carbocycles. The van der Waals surface area contributed by atoms with Gasteiger partial charge in [0.25, 0.3) is 11.2 Å². The number of nitro benzene ring substituents is 1. The van der Waals surface area contributed by atoms with E-state index in [2.05, 4.69) is 27.6 Å². The summed E-state index contributed by atoms with van der Waals surface area (Å²) in [5, 5.41) is 11.0. The molecule has 12 nitrogen and oxygen atoms in total. The molecule has 5 rings (SSSR count). The average Bonchev–Trinajstić information content (AvgIpc) is 3.37. The number of carbonyl (C=O) groups excluding carboxylic acids is 1. The van der Waals surface area contributed by atoms with E-state index in [-0.39, 0.29) is 30.0 Å². The number of aromatic nitrogens is 1. The Labute approximate surface area is 293 Å². The Bertz CT molecular complexity index is 2090. The van der Waals surface area contributed by atoms with E-state index in [0.29, 0.717) is 55.8 Å². The molecule has 3 aromatic carbocycles. The lowest BCUT2D eigenvalue weighted by molar-refractivity contribution is -0.384. The number of esters is 1. The molecule has 0 unspecified atom stereocenters. The van der Waals surface area contributed by atoms with Crippen molar-refractivity contribution < 1.29 is 33.4 Å². The molecule has 0 amide bonds. The van der Waals surface area contributed by atoms with Crippen molar-refractivity contribution in [2.24, 2.45) is 4.99 Å². The molecule has 1 aliphatic rings. The maximum Gasteiger partial charge on any atom is 0.338 e. The van der Waals surface area contributed by atoms with Crippen LogP contribution >= 0.6 is 33.9 Å². The summed E-state index contributed by atoms with van der Waals surface area (Å²) in [6, 6.07) is 14.2. The molecule has 1 aliphatic heterocycles. The molecule has 2 heterocycles. The van der Waals surface area contributed by atoms with Crippen molar-refractivity contribution in [2.45, 2.75) is 33.4 Å². The molecular formula is C34H32IN3O9S. The Morgan fingerprint density at radius 2 is 1.75 bits per heavy atom. The van der Waals surface area contributed by atoms with Gasteiger partial charge in [-0.25, -0.2) is 9.79 Å². The Kier molecular flexibility index (Phi) is 10.8. The number of hydrogen-bond acceptors (Lipinski definition) is 11. The van der Waals surface area contributed by atoms with Gasteiger partial charge < -0.3 is 23.7 Å². The fourth-order valence-electron chi connectivity index (χ4n) is 5.22. The molecule has 1 atom stereocenters. The smallest absolute Gasteiger partial charge is 0.338 e. The second-order valence-corrected chi connectivity index (χ2v) is 12.6. The lowest BCUT2D eigenvalue weighted by atomic mass is 9.95. The van der Waals surface area contributed by atoms with Gasteiger partial charge in [0.15, 0.2) is 27.8 Å². The lowest BCUT2D eigenvalue weighted by Gasteiger charge is -2.25. The Balaban J connectivity index is 1.56. The Morgan fingerprint density at radius 1 is 1.02 bits per heavy atom. The molecule has 250 valence electrons. The molecule has 4 aromatic rings. The average molecular weight is 786 g/mol. The number of fused-ring (bicyclic) bond motifs is 1. The first-order valence-corrected chi connectivity index (χ1v) is 16.7. The zero-order valence-electron chi connectivity index (χ0n) is 26.8. The van der Waals surface area contributed by atoms with E-state index >= 15 is 0 Å². The van der Waals surface area contributed by atoms with Crippen molar-refractivity contribution in [3.63, 3.8) is 0 Å². The van der Waals surface area contributed by atoms with E-state index in [4.69, 9.17) is 23.7 Å². The third kappa shape index (κ3) is 7.08. The van der Waals surface area contributed by atoms with Crippen LogP contribution in [-0.2, 0) is 16.1 Å². The highest BCUT2D eigenvalue weighted by Crippen LogP contribution is 2.37. The Hall–Kier alpha value is -4.70. The van der Waals surface area contributed by atoms with Crippen LogP contribution in [0.2, 0.25) is 0 Å². The van der Waals surface area contributed by atoms with Crippen molar-refractivity contribution in [3.8, 4) is 23.0 Å². The van der Waals surface area contributed by atoms with Crippen LogP contribution in [0.25, 0.3) is 6.08 Å². The van der Waals surface area contributed by atoms with Crippen molar-refractivity contribution in [1.29, 1.82) is 0 Å². The Morgan fingerprint density at radius 3 is 2.40 bits per heavy atom. The van der Waals surface area contributed by atoms with E-state index in [0.717, 1.165) is 9.13 Å².